The van der Waals surface area contributed by atoms with E-state index < -0.39 is 0 Å². The van der Waals surface area contributed by atoms with Crippen molar-refractivity contribution in [3.8, 4) is 11.1 Å². The van der Waals surface area contributed by atoms with Crippen LogP contribution < -0.4 is 0 Å². The lowest BCUT2D eigenvalue weighted by atomic mass is 9.92. The number of aromatic nitrogens is 2. The first-order valence-corrected chi connectivity index (χ1v) is 8.55. The summed E-state index contributed by atoms with van der Waals surface area (Å²) < 4.78 is 0. The Morgan fingerprint density at radius 2 is 1.60 bits per heavy atom. The van der Waals surface area contributed by atoms with E-state index in [9.17, 15) is 9.59 Å². The number of carbonyl (C=O) groups excluding carboxylic acids is 2. The van der Waals surface area contributed by atoms with E-state index in [1.54, 1.807) is 0 Å². The molecule has 1 atom stereocenters. The standard InChI is InChI=1S/C21H20N2O2/c1-4-13-11(2)16(9-24)22-20(13)19-15-8-6-5-7-14(15)18-12(3)17(10-25)23-21(18)19/h5-10,19,22-23H,4H2,1-3H3. The molecular weight excluding hydrogens is 312 g/mol. The van der Waals surface area contributed by atoms with Crippen molar-refractivity contribution in [1.29, 1.82) is 0 Å². The molecule has 0 spiro atoms. The van der Waals surface area contributed by atoms with E-state index in [-0.39, 0.29) is 5.92 Å². The SMILES string of the molecule is CCc1c(C2c3ccccc3-c3c2[nH]c(C=O)c3C)[nH]c(C=O)c1C. The molecule has 2 aromatic heterocycles. The van der Waals surface area contributed by atoms with Crippen LogP contribution in [0.2, 0.25) is 0 Å². The normalized spacial score (nSPS) is 15.1. The van der Waals surface area contributed by atoms with E-state index >= 15 is 0 Å². The van der Waals surface area contributed by atoms with Gasteiger partial charge in [-0.1, -0.05) is 31.2 Å². The molecule has 0 bridgehead atoms. The number of nitrogens with one attached hydrogen (secondary N) is 2. The molecule has 4 heteroatoms. The Labute approximate surface area is 146 Å². The Hall–Kier alpha value is -2.88. The van der Waals surface area contributed by atoms with Crippen LogP contribution in [0, 0.1) is 13.8 Å². The largest absolute Gasteiger partial charge is 0.355 e. The number of fused-ring (bicyclic) bond motifs is 3. The Balaban J connectivity index is 2.04. The van der Waals surface area contributed by atoms with Gasteiger partial charge in [0, 0.05) is 17.0 Å². The molecule has 0 aliphatic heterocycles. The van der Waals surface area contributed by atoms with Gasteiger partial charge in [-0.05, 0) is 48.1 Å². The van der Waals surface area contributed by atoms with Crippen LogP contribution in [0.3, 0.4) is 0 Å². The third kappa shape index (κ3) is 2.00. The van der Waals surface area contributed by atoms with Crippen molar-refractivity contribution in [2.45, 2.75) is 33.1 Å². The number of benzene rings is 1. The Bertz CT molecular complexity index is 1010. The van der Waals surface area contributed by atoms with Crippen LogP contribution in [0.4, 0.5) is 0 Å². The first-order chi connectivity index (χ1) is 12.1. The molecule has 4 rings (SSSR count). The Morgan fingerprint density at radius 1 is 0.960 bits per heavy atom. The number of hydrogen-bond donors (Lipinski definition) is 2. The summed E-state index contributed by atoms with van der Waals surface area (Å²) in [5.74, 6) is -0.0130. The van der Waals surface area contributed by atoms with Crippen molar-refractivity contribution in [3.05, 3.63) is 69.3 Å². The molecule has 1 unspecified atom stereocenters. The van der Waals surface area contributed by atoms with Gasteiger partial charge in [0.15, 0.2) is 12.6 Å². The average Bonchev–Trinajstić information content (AvgIpc) is 3.23. The third-order valence-electron chi connectivity index (χ3n) is 5.48. The topological polar surface area (TPSA) is 65.7 Å². The Morgan fingerprint density at radius 3 is 2.28 bits per heavy atom. The molecule has 0 fully saturated rings. The molecule has 126 valence electrons. The lowest BCUT2D eigenvalue weighted by molar-refractivity contribution is 0.111. The van der Waals surface area contributed by atoms with Gasteiger partial charge in [-0.25, -0.2) is 0 Å². The zero-order valence-corrected chi connectivity index (χ0v) is 14.6. The van der Waals surface area contributed by atoms with Crippen molar-refractivity contribution in [2.75, 3.05) is 0 Å². The second-order valence-corrected chi connectivity index (χ2v) is 6.62. The fourth-order valence-corrected chi connectivity index (χ4v) is 4.25. The molecular formula is C21H20N2O2. The minimum absolute atomic E-state index is 0.0130. The minimum Gasteiger partial charge on any atom is -0.355 e. The van der Waals surface area contributed by atoms with Gasteiger partial charge in [-0.15, -0.1) is 0 Å². The van der Waals surface area contributed by atoms with Crippen LogP contribution in [0.5, 0.6) is 0 Å². The van der Waals surface area contributed by atoms with Crippen molar-refractivity contribution in [1.82, 2.24) is 9.97 Å². The van der Waals surface area contributed by atoms with Crippen LogP contribution in [0.15, 0.2) is 24.3 Å². The highest BCUT2D eigenvalue weighted by molar-refractivity contribution is 5.89. The summed E-state index contributed by atoms with van der Waals surface area (Å²) >= 11 is 0. The van der Waals surface area contributed by atoms with E-state index in [0.29, 0.717) is 11.4 Å². The summed E-state index contributed by atoms with van der Waals surface area (Å²) in [4.78, 5) is 29.5. The number of H-pyrrole nitrogens is 2. The van der Waals surface area contributed by atoms with E-state index in [0.717, 1.165) is 52.6 Å². The molecule has 0 saturated heterocycles. The zero-order valence-electron chi connectivity index (χ0n) is 14.6. The van der Waals surface area contributed by atoms with Crippen molar-refractivity contribution in [2.24, 2.45) is 0 Å². The van der Waals surface area contributed by atoms with Crippen LogP contribution in [0.25, 0.3) is 11.1 Å². The van der Waals surface area contributed by atoms with Crippen LogP contribution in [-0.2, 0) is 6.42 Å². The average molecular weight is 332 g/mol. The van der Waals surface area contributed by atoms with Gasteiger partial charge in [-0.2, -0.15) is 0 Å². The van der Waals surface area contributed by atoms with Gasteiger partial charge in [0.25, 0.3) is 0 Å². The van der Waals surface area contributed by atoms with E-state index in [4.69, 9.17) is 0 Å². The zero-order chi connectivity index (χ0) is 17.7. The van der Waals surface area contributed by atoms with Gasteiger partial charge in [0.2, 0.25) is 0 Å². The molecule has 1 aliphatic carbocycles. The van der Waals surface area contributed by atoms with Crippen LogP contribution in [0.1, 0.15) is 67.5 Å². The van der Waals surface area contributed by atoms with E-state index in [1.807, 2.05) is 26.0 Å². The van der Waals surface area contributed by atoms with Gasteiger partial charge >= 0.3 is 0 Å². The minimum atomic E-state index is -0.0130. The summed E-state index contributed by atoms with van der Waals surface area (Å²) in [5, 5.41) is 0. The highest BCUT2D eigenvalue weighted by Crippen LogP contribution is 2.50. The molecule has 2 N–H and O–H groups in total. The molecule has 4 nitrogen and oxygen atoms in total. The summed E-state index contributed by atoms with van der Waals surface area (Å²) in [6, 6.07) is 8.29. The van der Waals surface area contributed by atoms with Crippen molar-refractivity contribution in [3.63, 3.8) is 0 Å². The third-order valence-corrected chi connectivity index (χ3v) is 5.48. The maximum absolute atomic E-state index is 11.4. The number of hydrogen-bond acceptors (Lipinski definition) is 2. The summed E-state index contributed by atoms with van der Waals surface area (Å²) in [6.07, 6.45) is 2.61. The lowest BCUT2D eigenvalue weighted by Crippen LogP contribution is -2.04. The molecule has 3 aromatic rings. The number of rotatable bonds is 4. The monoisotopic (exact) mass is 332 g/mol. The van der Waals surface area contributed by atoms with Gasteiger partial charge in [0.05, 0.1) is 17.3 Å². The number of aldehydes is 2. The van der Waals surface area contributed by atoms with Crippen LogP contribution in [-0.4, -0.2) is 22.5 Å². The van der Waals surface area contributed by atoms with Gasteiger partial charge in [-0.3, -0.25) is 9.59 Å². The highest BCUT2D eigenvalue weighted by Gasteiger charge is 2.36. The van der Waals surface area contributed by atoms with Crippen LogP contribution >= 0.6 is 0 Å². The first kappa shape index (κ1) is 15.6. The maximum atomic E-state index is 11.4. The number of aromatic amines is 2. The summed E-state index contributed by atoms with van der Waals surface area (Å²) in [5.41, 5.74) is 10.00. The molecule has 0 saturated carbocycles. The van der Waals surface area contributed by atoms with Crippen molar-refractivity contribution < 1.29 is 9.59 Å². The quantitative estimate of drug-likeness (QED) is 0.547. The first-order valence-electron chi connectivity index (χ1n) is 8.55. The maximum Gasteiger partial charge on any atom is 0.166 e. The van der Waals surface area contributed by atoms with Gasteiger partial charge < -0.3 is 9.97 Å². The van der Waals surface area contributed by atoms with Crippen molar-refractivity contribution >= 4 is 12.6 Å². The fraction of sp³-hybridized carbons (Fsp3) is 0.238. The number of carbonyl (C=O) groups is 2. The molecule has 0 radical (unpaired) electrons. The fourth-order valence-electron chi connectivity index (χ4n) is 4.25. The Kier molecular flexibility index (Phi) is 3.49. The highest BCUT2D eigenvalue weighted by atomic mass is 16.1. The molecule has 1 aromatic carbocycles. The second-order valence-electron chi connectivity index (χ2n) is 6.62. The van der Waals surface area contributed by atoms with E-state index in [2.05, 4.69) is 29.0 Å². The second kappa shape index (κ2) is 5.59. The molecule has 0 amide bonds. The molecule has 1 aliphatic rings. The summed E-state index contributed by atoms with van der Waals surface area (Å²) in [6.45, 7) is 6.07. The van der Waals surface area contributed by atoms with Gasteiger partial charge in [0.1, 0.15) is 0 Å². The molecule has 2 heterocycles. The van der Waals surface area contributed by atoms with E-state index in [1.165, 1.54) is 11.1 Å². The lowest BCUT2D eigenvalue weighted by Gasteiger charge is -2.14. The molecule has 25 heavy (non-hydrogen) atoms. The predicted octanol–water partition coefficient (Wildman–Crippen LogP) is 4.31. The summed E-state index contributed by atoms with van der Waals surface area (Å²) in [7, 11) is 0. The predicted molar refractivity (Wildman–Crippen MR) is 97.6 cm³/mol. The smallest absolute Gasteiger partial charge is 0.166 e.